The number of likely N-dealkylation sites (tertiary alicyclic amines) is 1. The molecule has 0 spiro atoms. The summed E-state index contributed by atoms with van der Waals surface area (Å²) in [5.74, 6) is -1.15. The Morgan fingerprint density at radius 3 is 2.89 bits per heavy atom. The maximum atomic E-state index is 12.1. The summed E-state index contributed by atoms with van der Waals surface area (Å²) in [7, 11) is 0. The quantitative estimate of drug-likeness (QED) is 0.672. The van der Waals surface area contributed by atoms with E-state index in [1.807, 2.05) is 6.92 Å². The summed E-state index contributed by atoms with van der Waals surface area (Å²) in [6, 6.07) is -1.02. The van der Waals surface area contributed by atoms with Crippen LogP contribution in [0.2, 0.25) is 0 Å². The van der Waals surface area contributed by atoms with Crippen molar-refractivity contribution < 1.29 is 19.8 Å². The number of aliphatic hydroxyl groups is 1. The van der Waals surface area contributed by atoms with Crippen LogP contribution in [0.25, 0.3) is 0 Å². The minimum atomic E-state index is -1.13. The highest BCUT2D eigenvalue weighted by Crippen LogP contribution is 2.19. The SMILES string of the molecule is CCCc1nc(C(=O)N2C[C@H](O)C[C@H]2C(=O)O)n[nH]1. The smallest absolute Gasteiger partial charge is 0.326 e. The van der Waals surface area contributed by atoms with Gasteiger partial charge in [0.25, 0.3) is 5.91 Å². The fraction of sp³-hybridized carbons (Fsp3) is 0.636. The molecule has 3 N–H and O–H groups in total. The van der Waals surface area contributed by atoms with Crippen molar-refractivity contribution in [2.75, 3.05) is 6.54 Å². The van der Waals surface area contributed by atoms with Crippen molar-refractivity contribution in [2.45, 2.75) is 38.3 Å². The van der Waals surface area contributed by atoms with E-state index in [2.05, 4.69) is 15.2 Å². The average Bonchev–Trinajstić information content (AvgIpc) is 2.95. The largest absolute Gasteiger partial charge is 0.480 e. The van der Waals surface area contributed by atoms with Crippen molar-refractivity contribution in [3.63, 3.8) is 0 Å². The Labute approximate surface area is 109 Å². The van der Waals surface area contributed by atoms with Crippen molar-refractivity contribution in [1.82, 2.24) is 20.1 Å². The molecule has 0 aromatic carbocycles. The van der Waals surface area contributed by atoms with Gasteiger partial charge in [0.15, 0.2) is 0 Å². The van der Waals surface area contributed by atoms with Crippen LogP contribution < -0.4 is 0 Å². The number of amides is 1. The molecule has 0 unspecified atom stereocenters. The number of carboxylic acids is 1. The number of β-amino-alcohol motifs (C(OH)–C–C–N with tert-alkyl or cyclic N) is 1. The van der Waals surface area contributed by atoms with E-state index >= 15 is 0 Å². The van der Waals surface area contributed by atoms with Gasteiger partial charge in [0.2, 0.25) is 5.82 Å². The molecule has 1 aliphatic rings. The van der Waals surface area contributed by atoms with E-state index < -0.39 is 24.0 Å². The summed E-state index contributed by atoms with van der Waals surface area (Å²) in [5, 5.41) is 25.0. The van der Waals surface area contributed by atoms with Crippen molar-refractivity contribution in [3.8, 4) is 0 Å². The van der Waals surface area contributed by atoms with Gasteiger partial charge in [0.1, 0.15) is 11.9 Å². The van der Waals surface area contributed by atoms with Crippen LogP contribution >= 0.6 is 0 Å². The molecule has 0 saturated carbocycles. The number of carboxylic acid groups (broad SMARTS) is 1. The van der Waals surface area contributed by atoms with Gasteiger partial charge in [-0.25, -0.2) is 9.78 Å². The van der Waals surface area contributed by atoms with Crippen molar-refractivity contribution >= 4 is 11.9 Å². The summed E-state index contributed by atoms with van der Waals surface area (Å²) in [4.78, 5) is 28.3. The van der Waals surface area contributed by atoms with Gasteiger partial charge in [-0.2, -0.15) is 0 Å². The van der Waals surface area contributed by atoms with Crippen LogP contribution in [-0.2, 0) is 11.2 Å². The Balaban J connectivity index is 2.15. The third kappa shape index (κ3) is 2.73. The standard InChI is InChI=1S/C11H16N4O4/c1-2-3-8-12-9(14-13-8)10(17)15-5-6(16)4-7(15)11(18)19/h6-7,16H,2-5H2,1H3,(H,18,19)(H,12,13,14)/t6-,7+/m1/s1. The van der Waals surface area contributed by atoms with Crippen molar-refractivity contribution in [2.24, 2.45) is 0 Å². The lowest BCUT2D eigenvalue weighted by Gasteiger charge is -2.19. The zero-order valence-electron chi connectivity index (χ0n) is 10.5. The average molecular weight is 268 g/mol. The lowest BCUT2D eigenvalue weighted by atomic mass is 10.2. The fourth-order valence-corrected chi connectivity index (χ4v) is 2.14. The molecule has 19 heavy (non-hydrogen) atoms. The molecule has 8 heteroatoms. The molecule has 8 nitrogen and oxygen atoms in total. The van der Waals surface area contributed by atoms with Gasteiger partial charge in [0, 0.05) is 19.4 Å². The molecule has 0 bridgehead atoms. The lowest BCUT2D eigenvalue weighted by Crippen LogP contribution is -2.41. The number of aromatic nitrogens is 3. The highest BCUT2D eigenvalue weighted by atomic mass is 16.4. The number of rotatable bonds is 4. The highest BCUT2D eigenvalue weighted by Gasteiger charge is 2.40. The van der Waals surface area contributed by atoms with E-state index in [-0.39, 0.29) is 18.8 Å². The van der Waals surface area contributed by atoms with E-state index in [9.17, 15) is 14.7 Å². The van der Waals surface area contributed by atoms with E-state index in [0.29, 0.717) is 12.2 Å². The van der Waals surface area contributed by atoms with Crippen LogP contribution in [-0.4, -0.2) is 60.9 Å². The second kappa shape index (κ2) is 5.35. The van der Waals surface area contributed by atoms with Gasteiger partial charge < -0.3 is 15.1 Å². The Kier molecular flexibility index (Phi) is 3.79. The van der Waals surface area contributed by atoms with E-state index in [4.69, 9.17) is 5.11 Å². The van der Waals surface area contributed by atoms with Gasteiger partial charge in [-0.05, 0) is 6.42 Å². The fourth-order valence-electron chi connectivity index (χ4n) is 2.14. The number of nitrogens with zero attached hydrogens (tertiary/aromatic N) is 3. The molecule has 1 aliphatic heterocycles. The molecule has 1 saturated heterocycles. The van der Waals surface area contributed by atoms with Crippen LogP contribution in [0.4, 0.5) is 0 Å². The maximum absolute atomic E-state index is 12.1. The first-order valence-corrected chi connectivity index (χ1v) is 6.16. The number of aryl methyl sites for hydroxylation is 1. The molecular formula is C11H16N4O4. The topological polar surface area (TPSA) is 119 Å². The van der Waals surface area contributed by atoms with Crippen molar-refractivity contribution in [3.05, 3.63) is 11.6 Å². The molecule has 2 atom stereocenters. The zero-order chi connectivity index (χ0) is 14.0. The maximum Gasteiger partial charge on any atom is 0.326 e. The predicted octanol–water partition coefficient (Wildman–Crippen LogP) is -0.583. The number of aliphatic carboxylic acids is 1. The van der Waals surface area contributed by atoms with Crippen LogP contribution in [0.15, 0.2) is 0 Å². The van der Waals surface area contributed by atoms with Gasteiger partial charge in [0.05, 0.1) is 6.10 Å². The normalized spacial score (nSPS) is 22.7. The minimum Gasteiger partial charge on any atom is -0.480 e. The summed E-state index contributed by atoms with van der Waals surface area (Å²) in [5.41, 5.74) is 0. The van der Waals surface area contributed by atoms with Gasteiger partial charge in [-0.15, -0.1) is 5.10 Å². The Bertz CT molecular complexity index is 487. The number of aliphatic hydroxyl groups excluding tert-OH is 1. The van der Waals surface area contributed by atoms with Crippen molar-refractivity contribution in [1.29, 1.82) is 0 Å². The van der Waals surface area contributed by atoms with Crippen LogP contribution in [0.1, 0.15) is 36.2 Å². The molecule has 2 heterocycles. The number of nitrogens with one attached hydrogen (secondary N) is 1. The molecule has 0 radical (unpaired) electrons. The van der Waals surface area contributed by atoms with E-state index in [1.165, 1.54) is 0 Å². The predicted molar refractivity (Wildman–Crippen MR) is 63.5 cm³/mol. The first kappa shape index (κ1) is 13.5. The zero-order valence-corrected chi connectivity index (χ0v) is 10.5. The van der Waals surface area contributed by atoms with Gasteiger partial charge >= 0.3 is 5.97 Å². The second-order valence-corrected chi connectivity index (χ2v) is 4.56. The molecule has 0 aliphatic carbocycles. The monoisotopic (exact) mass is 268 g/mol. The number of hydrogen-bond donors (Lipinski definition) is 3. The molecule has 1 aromatic heterocycles. The number of carbonyl (C=O) groups is 2. The molecule has 1 fully saturated rings. The van der Waals surface area contributed by atoms with Gasteiger partial charge in [-0.1, -0.05) is 6.92 Å². The minimum absolute atomic E-state index is 0.00650. The third-order valence-corrected chi connectivity index (χ3v) is 3.03. The molecule has 1 amide bonds. The summed E-state index contributed by atoms with van der Waals surface area (Å²) < 4.78 is 0. The van der Waals surface area contributed by atoms with Gasteiger partial charge in [-0.3, -0.25) is 9.89 Å². The Morgan fingerprint density at radius 1 is 1.53 bits per heavy atom. The van der Waals surface area contributed by atoms with Crippen LogP contribution in [0, 0.1) is 0 Å². The highest BCUT2D eigenvalue weighted by molar-refractivity contribution is 5.94. The second-order valence-electron chi connectivity index (χ2n) is 4.56. The number of hydrogen-bond acceptors (Lipinski definition) is 5. The number of carbonyl (C=O) groups excluding carboxylic acids is 1. The summed E-state index contributed by atoms with van der Waals surface area (Å²) in [6.45, 7) is 1.97. The van der Waals surface area contributed by atoms with E-state index in [1.54, 1.807) is 0 Å². The summed E-state index contributed by atoms with van der Waals surface area (Å²) >= 11 is 0. The molecule has 1 aromatic rings. The Morgan fingerprint density at radius 2 is 2.26 bits per heavy atom. The van der Waals surface area contributed by atoms with Crippen LogP contribution in [0.5, 0.6) is 0 Å². The van der Waals surface area contributed by atoms with Crippen LogP contribution in [0.3, 0.4) is 0 Å². The summed E-state index contributed by atoms with van der Waals surface area (Å²) in [6.07, 6.45) is 0.751. The first-order valence-electron chi connectivity index (χ1n) is 6.16. The molecule has 104 valence electrons. The third-order valence-electron chi connectivity index (χ3n) is 3.03. The number of H-pyrrole nitrogens is 1. The lowest BCUT2D eigenvalue weighted by molar-refractivity contribution is -0.141. The molecule has 2 rings (SSSR count). The first-order chi connectivity index (χ1) is 9.02. The molecular weight excluding hydrogens is 252 g/mol. The van der Waals surface area contributed by atoms with E-state index in [0.717, 1.165) is 11.3 Å². The number of aromatic amines is 1. The Hall–Kier alpha value is -1.96.